The number of likely N-dealkylation sites (tertiary alicyclic amines) is 1. The van der Waals surface area contributed by atoms with Crippen LogP contribution in [0.2, 0.25) is 0 Å². The van der Waals surface area contributed by atoms with Crippen LogP contribution in [0.15, 0.2) is 0 Å². The number of hydrogen-bond donors (Lipinski definition) is 1. The Morgan fingerprint density at radius 1 is 1.12 bits per heavy atom. The van der Waals surface area contributed by atoms with Crippen LogP contribution in [0.4, 0.5) is 0 Å². The van der Waals surface area contributed by atoms with Crippen molar-refractivity contribution in [3.63, 3.8) is 0 Å². The largest absolute Gasteiger partial charge is 0.352 e. The van der Waals surface area contributed by atoms with Gasteiger partial charge in [-0.15, -0.1) is 0 Å². The van der Waals surface area contributed by atoms with Crippen LogP contribution < -0.4 is 5.32 Å². The zero-order valence-electron chi connectivity index (χ0n) is 15.0. The number of hydrogen-bond acceptors (Lipinski definition) is 4. The van der Waals surface area contributed by atoms with Crippen molar-refractivity contribution in [2.24, 2.45) is 5.92 Å². The van der Waals surface area contributed by atoms with Gasteiger partial charge in [-0.1, -0.05) is 12.8 Å². The van der Waals surface area contributed by atoms with E-state index in [4.69, 9.17) is 9.47 Å². The number of ether oxygens (including phenoxy) is 2. The van der Waals surface area contributed by atoms with Gasteiger partial charge in [-0.05, 0) is 44.9 Å². The molecule has 1 amide bonds. The van der Waals surface area contributed by atoms with Crippen molar-refractivity contribution in [2.45, 2.75) is 88.6 Å². The fourth-order valence-electron chi connectivity index (χ4n) is 5.50. The van der Waals surface area contributed by atoms with Crippen molar-refractivity contribution in [1.29, 1.82) is 0 Å². The zero-order valence-corrected chi connectivity index (χ0v) is 15.0. The van der Waals surface area contributed by atoms with Crippen LogP contribution in [0.3, 0.4) is 0 Å². The van der Waals surface area contributed by atoms with Gasteiger partial charge in [-0.3, -0.25) is 9.69 Å². The summed E-state index contributed by atoms with van der Waals surface area (Å²) in [5, 5.41) is 3.28. The van der Waals surface area contributed by atoms with E-state index < -0.39 is 0 Å². The summed E-state index contributed by atoms with van der Waals surface area (Å²) in [4.78, 5) is 15.1. The summed E-state index contributed by atoms with van der Waals surface area (Å²) in [6.07, 6.45) is 10.4. The number of amides is 1. The molecule has 1 spiro atoms. The van der Waals surface area contributed by atoms with Gasteiger partial charge in [0.1, 0.15) is 0 Å². The maximum absolute atomic E-state index is 12.6. The van der Waals surface area contributed by atoms with Crippen LogP contribution in [-0.4, -0.2) is 54.5 Å². The minimum absolute atomic E-state index is 0.210. The van der Waals surface area contributed by atoms with Gasteiger partial charge in [0, 0.05) is 31.0 Å². The van der Waals surface area contributed by atoms with E-state index in [2.05, 4.69) is 17.1 Å². The van der Waals surface area contributed by atoms with Crippen LogP contribution in [-0.2, 0) is 14.3 Å². The van der Waals surface area contributed by atoms with E-state index in [1.54, 1.807) is 0 Å². The van der Waals surface area contributed by atoms with Crippen LogP contribution in [0.5, 0.6) is 0 Å². The Labute approximate surface area is 145 Å². The van der Waals surface area contributed by atoms with E-state index in [-0.39, 0.29) is 17.7 Å². The average Bonchev–Trinajstić information content (AvgIpc) is 3.16. The van der Waals surface area contributed by atoms with Gasteiger partial charge >= 0.3 is 0 Å². The van der Waals surface area contributed by atoms with E-state index in [1.165, 1.54) is 32.1 Å². The molecule has 3 atom stereocenters. The molecule has 2 aliphatic heterocycles. The van der Waals surface area contributed by atoms with Crippen molar-refractivity contribution in [3.8, 4) is 0 Å². The third-order valence-electron chi connectivity index (χ3n) is 6.76. The van der Waals surface area contributed by atoms with Crippen LogP contribution in [0.1, 0.15) is 64.7 Å². The molecule has 136 valence electrons. The number of carbonyl (C=O) groups excluding carboxylic acids is 1. The number of rotatable bonds is 3. The summed E-state index contributed by atoms with van der Waals surface area (Å²) < 4.78 is 11.5. The fraction of sp³-hybridized carbons (Fsp3) is 0.947. The van der Waals surface area contributed by atoms with Crippen LogP contribution in [0.25, 0.3) is 0 Å². The molecule has 5 nitrogen and oxygen atoms in total. The molecule has 0 aromatic rings. The summed E-state index contributed by atoms with van der Waals surface area (Å²) >= 11 is 0. The second kappa shape index (κ2) is 6.93. The highest BCUT2D eigenvalue weighted by Gasteiger charge is 2.42. The second-order valence-electron chi connectivity index (χ2n) is 8.32. The predicted octanol–water partition coefficient (Wildman–Crippen LogP) is 2.44. The molecule has 4 fully saturated rings. The lowest BCUT2D eigenvalue weighted by atomic mass is 9.85. The number of carbonyl (C=O) groups is 1. The lowest BCUT2D eigenvalue weighted by Gasteiger charge is -2.36. The minimum atomic E-state index is -0.333. The first kappa shape index (κ1) is 16.8. The summed E-state index contributed by atoms with van der Waals surface area (Å²) in [6, 6.07) is 1.49. The Bertz CT molecular complexity index is 454. The monoisotopic (exact) mass is 336 g/mol. The molecule has 0 bridgehead atoms. The van der Waals surface area contributed by atoms with Crippen molar-refractivity contribution < 1.29 is 14.3 Å². The lowest BCUT2D eigenvalue weighted by molar-refractivity contribution is -0.180. The molecule has 2 saturated carbocycles. The maximum Gasteiger partial charge on any atom is 0.234 e. The first-order valence-corrected chi connectivity index (χ1v) is 9.98. The van der Waals surface area contributed by atoms with E-state index >= 15 is 0 Å². The predicted molar refractivity (Wildman–Crippen MR) is 91.6 cm³/mol. The van der Waals surface area contributed by atoms with Crippen molar-refractivity contribution in [1.82, 2.24) is 10.2 Å². The van der Waals surface area contributed by atoms with E-state index in [0.29, 0.717) is 31.8 Å². The number of fused-ring (bicyclic) bond motifs is 1. The molecule has 5 heteroatoms. The molecule has 24 heavy (non-hydrogen) atoms. The molecule has 3 unspecified atom stereocenters. The standard InChI is InChI=1S/C19H32N2O3/c1-14-12-15-4-2-3-5-17(15)21(14)13-18(22)20-16-6-8-19(9-7-16)23-10-11-24-19/h14-17H,2-13H2,1H3,(H,20,22). The zero-order chi connectivity index (χ0) is 16.6. The highest BCUT2D eigenvalue weighted by Crippen LogP contribution is 2.39. The smallest absolute Gasteiger partial charge is 0.234 e. The van der Waals surface area contributed by atoms with Gasteiger partial charge < -0.3 is 14.8 Å². The SMILES string of the molecule is CC1CC2CCCCC2N1CC(=O)NC1CCC2(CC1)OCCO2. The first-order valence-electron chi connectivity index (χ1n) is 9.98. The normalized spacial score (nSPS) is 36.8. The molecule has 1 N–H and O–H groups in total. The summed E-state index contributed by atoms with van der Waals surface area (Å²) in [7, 11) is 0. The van der Waals surface area contributed by atoms with Crippen molar-refractivity contribution in [3.05, 3.63) is 0 Å². The average molecular weight is 336 g/mol. The van der Waals surface area contributed by atoms with Crippen LogP contribution in [0, 0.1) is 5.92 Å². The fourth-order valence-corrected chi connectivity index (χ4v) is 5.50. The van der Waals surface area contributed by atoms with Gasteiger partial charge in [0.2, 0.25) is 5.91 Å². The van der Waals surface area contributed by atoms with Crippen molar-refractivity contribution in [2.75, 3.05) is 19.8 Å². The Morgan fingerprint density at radius 3 is 2.58 bits per heavy atom. The van der Waals surface area contributed by atoms with Gasteiger partial charge in [0.05, 0.1) is 19.8 Å². The molecule has 0 aromatic heterocycles. The quantitative estimate of drug-likeness (QED) is 0.860. The lowest BCUT2D eigenvalue weighted by Crippen LogP contribution is -2.49. The van der Waals surface area contributed by atoms with Gasteiger partial charge in [-0.2, -0.15) is 0 Å². The Morgan fingerprint density at radius 2 is 1.83 bits per heavy atom. The highest BCUT2D eigenvalue weighted by atomic mass is 16.7. The molecular weight excluding hydrogens is 304 g/mol. The number of nitrogens with one attached hydrogen (secondary N) is 1. The summed E-state index contributed by atoms with van der Waals surface area (Å²) in [5.74, 6) is 0.704. The van der Waals surface area contributed by atoms with Gasteiger partial charge in [-0.25, -0.2) is 0 Å². The van der Waals surface area contributed by atoms with Crippen LogP contribution >= 0.6 is 0 Å². The molecule has 4 aliphatic rings. The molecule has 0 aromatic carbocycles. The third kappa shape index (κ3) is 3.35. The minimum Gasteiger partial charge on any atom is -0.352 e. The molecule has 4 rings (SSSR count). The topological polar surface area (TPSA) is 50.8 Å². The molecule has 2 heterocycles. The first-order chi connectivity index (χ1) is 11.7. The van der Waals surface area contributed by atoms with Gasteiger partial charge in [0.25, 0.3) is 0 Å². The van der Waals surface area contributed by atoms with Gasteiger partial charge in [0.15, 0.2) is 5.79 Å². The van der Waals surface area contributed by atoms with E-state index in [9.17, 15) is 4.79 Å². The Kier molecular flexibility index (Phi) is 4.85. The van der Waals surface area contributed by atoms with E-state index in [1.807, 2.05) is 0 Å². The Balaban J connectivity index is 1.26. The molecular formula is C19H32N2O3. The molecule has 2 aliphatic carbocycles. The van der Waals surface area contributed by atoms with E-state index in [0.717, 1.165) is 31.6 Å². The highest BCUT2D eigenvalue weighted by molar-refractivity contribution is 5.78. The van der Waals surface area contributed by atoms with Crippen molar-refractivity contribution >= 4 is 5.91 Å². The number of nitrogens with zero attached hydrogens (tertiary/aromatic N) is 1. The molecule has 2 saturated heterocycles. The third-order valence-corrected chi connectivity index (χ3v) is 6.76. The summed E-state index contributed by atoms with van der Waals surface area (Å²) in [6.45, 7) is 4.31. The summed E-state index contributed by atoms with van der Waals surface area (Å²) in [5.41, 5.74) is 0. The molecule has 0 radical (unpaired) electrons. The Hall–Kier alpha value is -0.650. The maximum atomic E-state index is 12.6. The second-order valence-corrected chi connectivity index (χ2v) is 8.32.